The van der Waals surface area contributed by atoms with Crippen LogP contribution in [0.25, 0.3) is 0 Å². The summed E-state index contributed by atoms with van der Waals surface area (Å²) in [6.45, 7) is 0. The third-order valence-corrected chi connectivity index (χ3v) is 1.17. The molecule has 0 amide bonds. The van der Waals surface area contributed by atoms with Crippen LogP contribution in [0.2, 0.25) is 0 Å². The van der Waals surface area contributed by atoms with Gasteiger partial charge in [-0.3, -0.25) is 0 Å². The Kier molecular flexibility index (Phi) is 1.89. The monoisotopic (exact) mass is 170 g/mol. The molecule has 1 rings (SSSR count). The maximum Gasteiger partial charge on any atom is 0.214 e. The van der Waals surface area contributed by atoms with Gasteiger partial charge in [-0.15, -0.1) is 0 Å². The summed E-state index contributed by atoms with van der Waals surface area (Å²) < 4.78 is 0.539. The average molecular weight is 170 g/mol. The number of nitrogens with one attached hydrogen (secondary N) is 2. The van der Waals surface area contributed by atoms with Gasteiger partial charge in [0.05, 0.1) is 0 Å². The first-order valence-corrected chi connectivity index (χ1v) is 3.15. The molecule has 0 saturated carbocycles. The molecule has 2 N–H and O–H groups in total. The topological polar surface area (TPSA) is 68.3 Å². The minimum atomic E-state index is 0.133. The SMILES string of the molecule is N#Cc1nc(=S)[nH]c(=S)[nH]1. The van der Waals surface area contributed by atoms with Gasteiger partial charge >= 0.3 is 0 Å². The second kappa shape index (κ2) is 2.68. The highest BCUT2D eigenvalue weighted by atomic mass is 32.1. The molecule has 0 aliphatic carbocycles. The molecule has 0 aliphatic heterocycles. The fourth-order valence-corrected chi connectivity index (χ4v) is 0.898. The minimum Gasteiger partial charge on any atom is -0.308 e. The fraction of sp³-hybridized carbons (Fsp3) is 0. The van der Waals surface area contributed by atoms with Crippen molar-refractivity contribution in [3.63, 3.8) is 0 Å². The van der Waals surface area contributed by atoms with E-state index in [-0.39, 0.29) is 10.6 Å². The molecular weight excluding hydrogens is 168 g/mol. The zero-order valence-electron chi connectivity index (χ0n) is 4.71. The largest absolute Gasteiger partial charge is 0.308 e. The van der Waals surface area contributed by atoms with E-state index in [0.29, 0.717) is 4.77 Å². The van der Waals surface area contributed by atoms with Gasteiger partial charge < -0.3 is 9.97 Å². The summed E-state index contributed by atoms with van der Waals surface area (Å²) in [5.74, 6) is 0.133. The predicted molar refractivity (Wildman–Crippen MR) is 39.3 cm³/mol. The van der Waals surface area contributed by atoms with Gasteiger partial charge in [-0.2, -0.15) is 10.2 Å². The molecule has 0 aliphatic rings. The first-order valence-electron chi connectivity index (χ1n) is 2.33. The summed E-state index contributed by atoms with van der Waals surface area (Å²) in [5.41, 5.74) is 0. The summed E-state index contributed by atoms with van der Waals surface area (Å²) in [6.07, 6.45) is 0. The van der Waals surface area contributed by atoms with E-state index < -0.39 is 0 Å². The molecule has 4 nitrogen and oxygen atoms in total. The van der Waals surface area contributed by atoms with E-state index in [1.165, 1.54) is 0 Å². The van der Waals surface area contributed by atoms with Crippen LogP contribution in [0.15, 0.2) is 0 Å². The van der Waals surface area contributed by atoms with Crippen molar-refractivity contribution >= 4 is 24.4 Å². The molecule has 1 aromatic rings. The summed E-state index contributed by atoms with van der Waals surface area (Å²) in [6, 6.07) is 1.79. The Morgan fingerprint density at radius 1 is 1.40 bits per heavy atom. The Morgan fingerprint density at radius 2 is 2.10 bits per heavy atom. The number of aromatic nitrogens is 3. The third kappa shape index (κ3) is 1.46. The van der Waals surface area contributed by atoms with E-state index in [1.54, 1.807) is 6.07 Å². The van der Waals surface area contributed by atoms with Crippen LogP contribution >= 0.6 is 24.4 Å². The number of H-pyrrole nitrogens is 2. The first-order chi connectivity index (χ1) is 4.72. The first kappa shape index (κ1) is 7.05. The smallest absolute Gasteiger partial charge is 0.214 e. The Hall–Kier alpha value is -1.06. The summed E-state index contributed by atoms with van der Waals surface area (Å²) >= 11 is 9.33. The van der Waals surface area contributed by atoms with Crippen LogP contribution in [0, 0.1) is 20.9 Å². The van der Waals surface area contributed by atoms with Crippen LogP contribution in [-0.4, -0.2) is 15.0 Å². The molecular formula is C4H2N4S2. The molecule has 0 spiro atoms. The van der Waals surface area contributed by atoms with Gasteiger partial charge in [-0.05, 0) is 24.4 Å². The third-order valence-electron chi connectivity index (χ3n) is 0.772. The summed E-state index contributed by atoms with van der Waals surface area (Å²) in [5, 5.41) is 8.34. The highest BCUT2D eigenvalue weighted by molar-refractivity contribution is 7.71. The van der Waals surface area contributed by atoms with Crippen LogP contribution < -0.4 is 0 Å². The van der Waals surface area contributed by atoms with E-state index in [4.69, 9.17) is 5.26 Å². The van der Waals surface area contributed by atoms with Crippen LogP contribution in [0.5, 0.6) is 0 Å². The van der Waals surface area contributed by atoms with Crippen LogP contribution in [0.4, 0.5) is 0 Å². The normalized spacial score (nSPS) is 8.70. The molecule has 0 saturated heterocycles. The molecule has 0 bridgehead atoms. The lowest BCUT2D eigenvalue weighted by atomic mass is 10.7. The molecule has 10 heavy (non-hydrogen) atoms. The van der Waals surface area contributed by atoms with E-state index in [9.17, 15) is 0 Å². The fourth-order valence-electron chi connectivity index (χ4n) is 0.446. The highest BCUT2D eigenvalue weighted by Crippen LogP contribution is 1.84. The number of hydrogen-bond acceptors (Lipinski definition) is 4. The van der Waals surface area contributed by atoms with Crippen molar-refractivity contribution in [2.24, 2.45) is 0 Å². The zero-order chi connectivity index (χ0) is 7.56. The van der Waals surface area contributed by atoms with Crippen LogP contribution in [0.3, 0.4) is 0 Å². The molecule has 0 radical (unpaired) electrons. The lowest BCUT2D eigenvalue weighted by Gasteiger charge is -1.86. The molecule has 1 aromatic heterocycles. The summed E-state index contributed by atoms with van der Waals surface area (Å²) in [7, 11) is 0. The van der Waals surface area contributed by atoms with Gasteiger partial charge in [0.25, 0.3) is 0 Å². The minimum absolute atomic E-state index is 0.133. The second-order valence-electron chi connectivity index (χ2n) is 1.46. The quantitative estimate of drug-likeness (QED) is 0.571. The zero-order valence-corrected chi connectivity index (χ0v) is 6.34. The molecule has 0 atom stereocenters. The Bertz CT molecular complexity index is 353. The predicted octanol–water partition coefficient (Wildman–Crippen LogP) is 1.07. The highest BCUT2D eigenvalue weighted by Gasteiger charge is 1.88. The van der Waals surface area contributed by atoms with Crippen molar-refractivity contribution in [1.82, 2.24) is 15.0 Å². The average Bonchev–Trinajstić information content (AvgIpc) is 1.85. The van der Waals surface area contributed by atoms with Gasteiger partial charge in [0.2, 0.25) is 10.6 Å². The van der Waals surface area contributed by atoms with E-state index in [1.807, 2.05) is 0 Å². The van der Waals surface area contributed by atoms with Crippen molar-refractivity contribution < 1.29 is 0 Å². The molecule has 1 heterocycles. The Balaban J connectivity index is 3.51. The second-order valence-corrected chi connectivity index (χ2v) is 2.25. The number of aromatic amines is 2. The molecule has 0 fully saturated rings. The van der Waals surface area contributed by atoms with Gasteiger partial charge in [0, 0.05) is 0 Å². The number of nitriles is 1. The maximum atomic E-state index is 8.34. The molecule has 50 valence electrons. The lowest BCUT2D eigenvalue weighted by molar-refractivity contribution is 0.975. The Morgan fingerprint density at radius 3 is 2.60 bits per heavy atom. The van der Waals surface area contributed by atoms with Crippen molar-refractivity contribution in [3.05, 3.63) is 15.4 Å². The maximum absolute atomic E-state index is 8.34. The van der Waals surface area contributed by atoms with E-state index in [0.717, 1.165) is 0 Å². The van der Waals surface area contributed by atoms with Crippen molar-refractivity contribution in [1.29, 1.82) is 5.26 Å². The van der Waals surface area contributed by atoms with Crippen molar-refractivity contribution in [2.75, 3.05) is 0 Å². The van der Waals surface area contributed by atoms with Crippen LogP contribution in [0.1, 0.15) is 5.82 Å². The van der Waals surface area contributed by atoms with Gasteiger partial charge in [-0.1, -0.05) is 0 Å². The molecule has 6 heteroatoms. The molecule has 0 unspecified atom stereocenters. The van der Waals surface area contributed by atoms with Gasteiger partial charge in [0.1, 0.15) is 6.07 Å². The molecule has 0 aromatic carbocycles. The number of nitrogens with zero attached hydrogens (tertiary/aromatic N) is 2. The lowest BCUT2D eigenvalue weighted by Crippen LogP contribution is -1.91. The summed E-state index contributed by atoms with van der Waals surface area (Å²) in [4.78, 5) is 8.70. The number of rotatable bonds is 0. The Labute approximate surface area is 66.6 Å². The van der Waals surface area contributed by atoms with Crippen molar-refractivity contribution in [2.45, 2.75) is 0 Å². The van der Waals surface area contributed by atoms with Crippen LogP contribution in [-0.2, 0) is 0 Å². The standard InChI is InChI=1S/C4H2N4S2/c5-1-2-6-3(9)8-4(10)7-2/h(H2,6,7,8,9,10). The van der Waals surface area contributed by atoms with Gasteiger partial charge in [-0.25, -0.2) is 0 Å². The van der Waals surface area contributed by atoms with Gasteiger partial charge in [0.15, 0.2) is 4.77 Å². The number of hydrogen-bond donors (Lipinski definition) is 2. The van der Waals surface area contributed by atoms with E-state index in [2.05, 4.69) is 39.4 Å². The van der Waals surface area contributed by atoms with Crippen molar-refractivity contribution in [3.8, 4) is 6.07 Å². The van der Waals surface area contributed by atoms with E-state index >= 15 is 0 Å².